The molecular weight excluding hydrogens is 538 g/mol. The molecule has 8 nitrogen and oxygen atoms in total. The van der Waals surface area contributed by atoms with E-state index in [1.165, 1.54) is 22.8 Å². The minimum absolute atomic E-state index is 0.0200. The predicted molar refractivity (Wildman–Crippen MR) is 159 cm³/mol. The number of aliphatic hydroxyl groups is 1. The number of anilines is 1. The average Bonchev–Trinajstić information content (AvgIpc) is 2.93. The third kappa shape index (κ3) is 4.95. The zero-order valence-electron chi connectivity index (χ0n) is 23.8. The summed E-state index contributed by atoms with van der Waals surface area (Å²) in [6, 6.07) is 18.0. The third-order valence-corrected chi connectivity index (χ3v) is 11.1. The number of amides is 1. The van der Waals surface area contributed by atoms with Crippen LogP contribution < -0.4 is 10.1 Å². The molecule has 2 saturated heterocycles. The fourth-order valence-electron chi connectivity index (χ4n) is 6.71. The molecule has 2 fully saturated rings. The number of carbonyl (C=O) groups excluding carboxylic acids is 1. The zero-order chi connectivity index (χ0) is 28.9. The summed E-state index contributed by atoms with van der Waals surface area (Å²) in [5, 5.41) is 13.1. The molecule has 216 valence electrons. The lowest BCUT2D eigenvalue weighted by Gasteiger charge is -2.57. The lowest BCUT2D eigenvalue weighted by atomic mass is 9.74. The number of hydrogen-bond donors (Lipinski definition) is 2. The number of carbonyl (C=O) groups is 1. The van der Waals surface area contributed by atoms with E-state index in [9.17, 15) is 18.3 Å². The van der Waals surface area contributed by atoms with Crippen LogP contribution in [0.3, 0.4) is 0 Å². The van der Waals surface area contributed by atoms with Crippen molar-refractivity contribution in [3.05, 3.63) is 76.9 Å². The summed E-state index contributed by atoms with van der Waals surface area (Å²) in [6.07, 6.45) is 1.60. The Morgan fingerprint density at radius 3 is 2.51 bits per heavy atom. The van der Waals surface area contributed by atoms with Gasteiger partial charge < -0.3 is 15.2 Å². The molecule has 0 saturated carbocycles. The Hall–Kier alpha value is -3.24. The van der Waals surface area contributed by atoms with Crippen LogP contribution in [-0.2, 0) is 14.8 Å². The second-order valence-electron chi connectivity index (χ2n) is 11.5. The van der Waals surface area contributed by atoms with Crippen molar-refractivity contribution in [2.45, 2.75) is 56.5 Å². The van der Waals surface area contributed by atoms with E-state index in [0.29, 0.717) is 30.1 Å². The smallest absolute Gasteiger partial charge is 0.262 e. The van der Waals surface area contributed by atoms with Gasteiger partial charge in [0.2, 0.25) is 10.0 Å². The maximum atomic E-state index is 14.1. The first kappa shape index (κ1) is 27.9. The molecule has 0 bridgehead atoms. The molecule has 0 aromatic heterocycles. The van der Waals surface area contributed by atoms with Crippen molar-refractivity contribution in [3.63, 3.8) is 0 Å². The molecule has 2 N–H and O–H groups in total. The Balaban J connectivity index is 1.29. The number of nitrogens with one attached hydrogen (secondary N) is 1. The highest BCUT2D eigenvalue weighted by Crippen LogP contribution is 2.43. The molecule has 1 unspecified atom stereocenters. The summed E-state index contributed by atoms with van der Waals surface area (Å²) < 4.78 is 35.3. The molecule has 0 spiro atoms. The fourth-order valence-corrected chi connectivity index (χ4v) is 8.43. The molecule has 3 heterocycles. The van der Waals surface area contributed by atoms with Gasteiger partial charge in [0.15, 0.2) is 6.61 Å². The van der Waals surface area contributed by atoms with Crippen molar-refractivity contribution >= 4 is 21.6 Å². The van der Waals surface area contributed by atoms with E-state index in [-0.39, 0.29) is 42.0 Å². The minimum atomic E-state index is -3.83. The van der Waals surface area contributed by atoms with Crippen molar-refractivity contribution in [2.75, 3.05) is 38.2 Å². The Labute approximate surface area is 242 Å². The molecule has 3 aromatic rings. The van der Waals surface area contributed by atoms with Crippen LogP contribution in [0, 0.1) is 20.8 Å². The number of benzene rings is 3. The van der Waals surface area contributed by atoms with E-state index in [2.05, 4.69) is 66.5 Å². The van der Waals surface area contributed by atoms with Crippen LogP contribution in [0.15, 0.2) is 59.5 Å². The molecule has 3 aliphatic heterocycles. The van der Waals surface area contributed by atoms with Gasteiger partial charge in [-0.25, -0.2) is 8.42 Å². The van der Waals surface area contributed by atoms with E-state index in [1.54, 1.807) is 17.3 Å². The summed E-state index contributed by atoms with van der Waals surface area (Å²) in [5.74, 6) is 0.132. The van der Waals surface area contributed by atoms with E-state index < -0.39 is 10.0 Å². The first-order valence-corrected chi connectivity index (χ1v) is 15.7. The average molecular weight is 576 g/mol. The standard InChI is InChI=1S/C32H37N3O5S/c1-20-7-6-8-25(22(20)3)23-9-11-24(12-10-23)32-27-17-34(13-4-5-14-35(27)28(32)18-36)41(38,39)30-16-29-26(15-21(30)2)33-31(37)19-40-29/h6-12,15-16,27-28,32,36H,4-5,13-14,17-19H2,1-3H3,(H,33,37)/t27-,28+,32?/m0/s1. The van der Waals surface area contributed by atoms with Gasteiger partial charge in [-0.15, -0.1) is 0 Å². The van der Waals surface area contributed by atoms with Crippen LogP contribution in [0.25, 0.3) is 11.1 Å². The topological polar surface area (TPSA) is 99.2 Å². The Bertz CT molecular complexity index is 1590. The van der Waals surface area contributed by atoms with E-state index in [0.717, 1.165) is 30.5 Å². The lowest BCUT2D eigenvalue weighted by Crippen LogP contribution is -2.67. The second-order valence-corrected chi connectivity index (χ2v) is 13.4. The lowest BCUT2D eigenvalue weighted by molar-refractivity contribution is -0.118. The molecule has 9 heteroatoms. The number of ether oxygens (including phenoxy) is 1. The predicted octanol–water partition coefficient (Wildman–Crippen LogP) is 4.22. The van der Waals surface area contributed by atoms with E-state index in [1.807, 2.05) is 0 Å². The van der Waals surface area contributed by atoms with Crippen LogP contribution >= 0.6 is 0 Å². The number of fused-ring (bicyclic) bond motifs is 2. The van der Waals surface area contributed by atoms with Gasteiger partial charge >= 0.3 is 0 Å². The molecule has 3 aromatic carbocycles. The first-order chi connectivity index (χ1) is 19.7. The van der Waals surface area contributed by atoms with Crippen molar-refractivity contribution < 1.29 is 23.1 Å². The quantitative estimate of drug-likeness (QED) is 0.473. The van der Waals surface area contributed by atoms with Gasteiger partial charge in [0, 0.05) is 37.2 Å². The van der Waals surface area contributed by atoms with E-state index >= 15 is 0 Å². The summed E-state index contributed by atoms with van der Waals surface area (Å²) >= 11 is 0. The summed E-state index contributed by atoms with van der Waals surface area (Å²) in [6.45, 7) is 7.51. The zero-order valence-corrected chi connectivity index (χ0v) is 24.6. The van der Waals surface area contributed by atoms with Gasteiger partial charge in [0.25, 0.3) is 5.91 Å². The number of rotatable bonds is 5. The minimum Gasteiger partial charge on any atom is -0.482 e. The van der Waals surface area contributed by atoms with Crippen LogP contribution in [0.2, 0.25) is 0 Å². The normalized spacial score (nSPS) is 23.3. The number of aliphatic hydroxyl groups excluding tert-OH is 1. The largest absolute Gasteiger partial charge is 0.482 e. The van der Waals surface area contributed by atoms with E-state index in [4.69, 9.17) is 4.74 Å². The van der Waals surface area contributed by atoms with Gasteiger partial charge in [-0.2, -0.15) is 4.31 Å². The molecule has 0 aliphatic carbocycles. The third-order valence-electron chi connectivity index (χ3n) is 9.07. The monoisotopic (exact) mass is 575 g/mol. The second kappa shape index (κ2) is 10.9. The van der Waals surface area contributed by atoms with Gasteiger partial charge in [0.05, 0.1) is 17.2 Å². The van der Waals surface area contributed by atoms with Crippen LogP contribution in [0.4, 0.5) is 5.69 Å². The van der Waals surface area contributed by atoms with Crippen LogP contribution in [0.5, 0.6) is 5.75 Å². The van der Waals surface area contributed by atoms with Crippen molar-refractivity contribution in [2.24, 2.45) is 0 Å². The Kier molecular flexibility index (Phi) is 7.40. The highest BCUT2D eigenvalue weighted by atomic mass is 32.2. The molecular formula is C32H37N3O5S. The number of hydrogen-bond acceptors (Lipinski definition) is 6. The van der Waals surface area contributed by atoms with Gasteiger partial charge in [-0.1, -0.05) is 42.5 Å². The van der Waals surface area contributed by atoms with Gasteiger partial charge in [0.1, 0.15) is 5.75 Å². The Morgan fingerprint density at radius 2 is 1.76 bits per heavy atom. The maximum absolute atomic E-state index is 14.1. The summed E-state index contributed by atoms with van der Waals surface area (Å²) in [7, 11) is -3.83. The molecule has 6 rings (SSSR count). The Morgan fingerprint density at radius 1 is 1.00 bits per heavy atom. The highest BCUT2D eigenvalue weighted by Gasteiger charge is 2.50. The summed E-state index contributed by atoms with van der Waals surface area (Å²) in [4.78, 5) is 14.2. The molecule has 3 atom stereocenters. The number of aryl methyl sites for hydroxylation is 2. The molecule has 41 heavy (non-hydrogen) atoms. The van der Waals surface area contributed by atoms with Crippen molar-refractivity contribution in [1.29, 1.82) is 0 Å². The SMILES string of the molecule is Cc1cc2c(cc1S(=O)(=O)N1CCCCN3[C@H](CO)C(c4ccc(-c5cccc(C)c5C)cc4)[C@@H]3C1)OCC(=O)N2. The number of sulfonamides is 1. The van der Waals surface area contributed by atoms with Gasteiger partial charge in [-0.3, -0.25) is 9.69 Å². The summed E-state index contributed by atoms with van der Waals surface area (Å²) in [5.41, 5.74) is 7.04. The first-order valence-electron chi connectivity index (χ1n) is 14.3. The van der Waals surface area contributed by atoms with Crippen molar-refractivity contribution in [3.8, 4) is 16.9 Å². The fraction of sp³-hybridized carbons (Fsp3) is 0.406. The maximum Gasteiger partial charge on any atom is 0.262 e. The highest BCUT2D eigenvalue weighted by molar-refractivity contribution is 7.89. The van der Waals surface area contributed by atoms with Gasteiger partial charge in [-0.05, 0) is 79.6 Å². The molecule has 1 amide bonds. The molecule has 3 aliphatic rings. The van der Waals surface area contributed by atoms with Crippen LogP contribution in [-0.4, -0.2) is 73.6 Å². The van der Waals surface area contributed by atoms with Crippen LogP contribution in [0.1, 0.15) is 41.0 Å². The molecule has 0 radical (unpaired) electrons. The number of nitrogens with zero attached hydrogens (tertiary/aromatic N) is 2. The van der Waals surface area contributed by atoms with Crippen molar-refractivity contribution in [1.82, 2.24) is 9.21 Å².